The maximum atomic E-state index is 12.8. The fraction of sp³-hybridized carbons (Fsp3) is 0.250. The van der Waals surface area contributed by atoms with Gasteiger partial charge in [0.25, 0.3) is 11.1 Å². The number of esters is 1. The summed E-state index contributed by atoms with van der Waals surface area (Å²) in [7, 11) is 1.41. The van der Waals surface area contributed by atoms with Crippen molar-refractivity contribution in [3.63, 3.8) is 0 Å². The molecule has 0 aliphatic carbocycles. The molecule has 0 spiro atoms. The Bertz CT molecular complexity index is 1210. The van der Waals surface area contributed by atoms with Crippen molar-refractivity contribution in [1.82, 2.24) is 9.80 Å². The summed E-state index contributed by atoms with van der Waals surface area (Å²) < 4.78 is 16.0. The number of carbonyl (C=O) groups is 4. The van der Waals surface area contributed by atoms with Gasteiger partial charge < -0.3 is 19.1 Å². The first-order valence-corrected chi connectivity index (χ1v) is 11.8. The first-order valence-electron chi connectivity index (χ1n) is 10.6. The lowest BCUT2D eigenvalue weighted by atomic mass is 10.1. The molecule has 2 fully saturated rings. The van der Waals surface area contributed by atoms with Crippen LogP contribution in [0.15, 0.2) is 47.4 Å². The Kier molecular flexibility index (Phi) is 7.74. The van der Waals surface area contributed by atoms with Crippen LogP contribution in [0.4, 0.5) is 4.79 Å². The molecular formula is C24H21ClN2O7S. The Morgan fingerprint density at radius 2 is 1.86 bits per heavy atom. The third kappa shape index (κ3) is 5.67. The van der Waals surface area contributed by atoms with Gasteiger partial charge in [0.15, 0.2) is 11.5 Å². The Labute approximate surface area is 210 Å². The number of ether oxygens (including phenoxy) is 3. The van der Waals surface area contributed by atoms with Crippen molar-refractivity contribution in [2.24, 2.45) is 0 Å². The molecule has 2 aliphatic heterocycles. The van der Waals surface area contributed by atoms with Gasteiger partial charge in [-0.3, -0.25) is 19.3 Å². The summed E-state index contributed by atoms with van der Waals surface area (Å²) in [5.41, 5.74) is 0.755. The molecule has 3 amide bonds. The van der Waals surface area contributed by atoms with E-state index in [0.717, 1.165) is 16.7 Å². The largest absolute Gasteiger partial charge is 0.493 e. The highest BCUT2D eigenvalue weighted by atomic mass is 35.5. The number of carbonyl (C=O) groups excluding carboxylic acids is 4. The number of methoxy groups -OCH3 is 1. The zero-order valence-electron chi connectivity index (χ0n) is 18.7. The lowest BCUT2D eigenvalue weighted by Gasteiger charge is -2.28. The van der Waals surface area contributed by atoms with Crippen LogP contribution < -0.4 is 9.47 Å². The monoisotopic (exact) mass is 516 g/mol. The number of thioether (sulfide) groups is 1. The second-order valence-electron chi connectivity index (χ2n) is 7.54. The van der Waals surface area contributed by atoms with Crippen LogP contribution in [0.2, 0.25) is 5.02 Å². The zero-order valence-corrected chi connectivity index (χ0v) is 20.3. The van der Waals surface area contributed by atoms with E-state index < -0.39 is 17.1 Å². The van der Waals surface area contributed by atoms with E-state index in [1.54, 1.807) is 41.3 Å². The second kappa shape index (κ2) is 10.9. The highest BCUT2D eigenvalue weighted by Crippen LogP contribution is 2.35. The molecule has 2 saturated heterocycles. The fourth-order valence-electron chi connectivity index (χ4n) is 3.48. The van der Waals surface area contributed by atoms with Gasteiger partial charge in [0, 0.05) is 13.1 Å². The average molecular weight is 517 g/mol. The first-order chi connectivity index (χ1) is 16.9. The van der Waals surface area contributed by atoms with Crippen molar-refractivity contribution < 1.29 is 33.4 Å². The van der Waals surface area contributed by atoms with Gasteiger partial charge in [0.05, 0.1) is 35.8 Å². The number of halogens is 1. The molecule has 2 aliphatic rings. The number of hydrogen-bond acceptors (Lipinski definition) is 8. The van der Waals surface area contributed by atoms with Crippen LogP contribution in [0.25, 0.3) is 6.08 Å². The fourth-order valence-corrected chi connectivity index (χ4v) is 4.53. The van der Waals surface area contributed by atoms with Crippen molar-refractivity contribution in [2.45, 2.75) is 0 Å². The van der Waals surface area contributed by atoms with Crippen LogP contribution in [-0.4, -0.2) is 72.8 Å². The summed E-state index contributed by atoms with van der Waals surface area (Å²) in [5.74, 6) is -1.08. The van der Waals surface area contributed by atoms with Crippen LogP contribution in [0, 0.1) is 0 Å². The minimum Gasteiger partial charge on any atom is -0.493 e. The first kappa shape index (κ1) is 24.8. The van der Waals surface area contributed by atoms with Crippen LogP contribution in [0.5, 0.6) is 11.5 Å². The van der Waals surface area contributed by atoms with Crippen molar-refractivity contribution in [1.29, 1.82) is 0 Å². The lowest BCUT2D eigenvalue weighted by molar-refractivity contribution is -0.139. The van der Waals surface area contributed by atoms with Crippen LogP contribution >= 0.6 is 23.4 Å². The SMILES string of the molecule is COc1cc(/C=C2\SC(=O)N(CC(=O)N3CCOCC3)C2=O)ccc1OC(=O)c1ccccc1Cl. The van der Waals surface area contributed by atoms with Gasteiger partial charge in [-0.25, -0.2) is 4.79 Å². The summed E-state index contributed by atoms with van der Waals surface area (Å²) in [6.45, 7) is 1.40. The number of nitrogens with zero attached hydrogens (tertiary/aromatic N) is 2. The number of benzene rings is 2. The molecule has 35 heavy (non-hydrogen) atoms. The highest BCUT2D eigenvalue weighted by molar-refractivity contribution is 8.18. The summed E-state index contributed by atoms with van der Waals surface area (Å²) in [4.78, 5) is 52.8. The Morgan fingerprint density at radius 1 is 1.11 bits per heavy atom. The molecule has 0 bridgehead atoms. The Balaban J connectivity index is 1.47. The smallest absolute Gasteiger partial charge is 0.345 e. The molecule has 0 saturated carbocycles. The van der Waals surface area contributed by atoms with E-state index >= 15 is 0 Å². The third-order valence-electron chi connectivity index (χ3n) is 5.31. The van der Waals surface area contributed by atoms with Gasteiger partial charge in [-0.05, 0) is 47.7 Å². The summed E-state index contributed by atoms with van der Waals surface area (Å²) >= 11 is 6.81. The summed E-state index contributed by atoms with van der Waals surface area (Å²) in [6.07, 6.45) is 1.52. The molecule has 11 heteroatoms. The standard InChI is InChI=1S/C24H21ClN2O7S/c1-32-19-12-15(6-7-18(19)34-23(30)16-4-2-3-5-17(16)25)13-20-22(29)27(24(31)35-20)14-21(28)26-8-10-33-11-9-26/h2-7,12-13H,8-11,14H2,1H3/b20-13-. The molecule has 0 N–H and O–H groups in total. The number of morpholine rings is 1. The maximum Gasteiger partial charge on any atom is 0.345 e. The van der Waals surface area contributed by atoms with Crippen molar-refractivity contribution in [3.05, 3.63) is 63.5 Å². The molecule has 0 unspecified atom stereocenters. The maximum absolute atomic E-state index is 12.8. The number of rotatable bonds is 6. The highest BCUT2D eigenvalue weighted by Gasteiger charge is 2.37. The Hall–Kier alpha value is -3.34. The molecule has 2 aromatic carbocycles. The predicted molar refractivity (Wildman–Crippen MR) is 129 cm³/mol. The van der Waals surface area contributed by atoms with Gasteiger partial charge in [0.1, 0.15) is 6.54 Å². The van der Waals surface area contributed by atoms with Crippen LogP contribution in [-0.2, 0) is 14.3 Å². The quantitative estimate of drug-likeness (QED) is 0.327. The van der Waals surface area contributed by atoms with E-state index in [2.05, 4.69) is 0 Å². The molecule has 182 valence electrons. The van der Waals surface area contributed by atoms with Crippen molar-refractivity contribution in [2.75, 3.05) is 40.0 Å². The van der Waals surface area contributed by atoms with E-state index in [1.807, 2.05) is 0 Å². The summed E-state index contributed by atoms with van der Waals surface area (Å²) in [6, 6.07) is 11.2. The minimum atomic E-state index is -0.646. The van der Waals surface area contributed by atoms with Crippen LogP contribution in [0.3, 0.4) is 0 Å². The molecule has 9 nitrogen and oxygen atoms in total. The molecule has 0 radical (unpaired) electrons. The number of hydrogen-bond donors (Lipinski definition) is 0. The molecule has 2 heterocycles. The zero-order chi connectivity index (χ0) is 24.9. The Morgan fingerprint density at radius 3 is 2.57 bits per heavy atom. The average Bonchev–Trinajstić information content (AvgIpc) is 3.12. The van der Waals surface area contributed by atoms with E-state index in [0.29, 0.717) is 31.9 Å². The molecule has 0 aromatic heterocycles. The molecule has 0 atom stereocenters. The number of amides is 3. The topological polar surface area (TPSA) is 102 Å². The molecular weight excluding hydrogens is 496 g/mol. The van der Waals surface area contributed by atoms with Gasteiger partial charge in [-0.1, -0.05) is 29.8 Å². The summed E-state index contributed by atoms with van der Waals surface area (Å²) in [5, 5.41) is -0.254. The lowest BCUT2D eigenvalue weighted by Crippen LogP contribution is -2.46. The number of imide groups is 1. The van der Waals surface area contributed by atoms with Gasteiger partial charge in [-0.15, -0.1) is 0 Å². The molecule has 2 aromatic rings. The third-order valence-corrected chi connectivity index (χ3v) is 6.55. The van der Waals surface area contributed by atoms with Crippen molar-refractivity contribution >= 4 is 52.5 Å². The van der Waals surface area contributed by atoms with E-state index in [1.165, 1.54) is 19.3 Å². The van der Waals surface area contributed by atoms with E-state index in [-0.39, 0.29) is 39.4 Å². The van der Waals surface area contributed by atoms with E-state index in [4.69, 9.17) is 25.8 Å². The van der Waals surface area contributed by atoms with Gasteiger partial charge in [-0.2, -0.15) is 0 Å². The van der Waals surface area contributed by atoms with Crippen molar-refractivity contribution in [3.8, 4) is 11.5 Å². The van der Waals surface area contributed by atoms with E-state index in [9.17, 15) is 19.2 Å². The predicted octanol–water partition coefficient (Wildman–Crippen LogP) is 3.46. The minimum absolute atomic E-state index is 0.166. The molecule has 4 rings (SSSR count). The second-order valence-corrected chi connectivity index (χ2v) is 8.94. The van der Waals surface area contributed by atoms with Crippen LogP contribution in [0.1, 0.15) is 15.9 Å². The normalized spacial score (nSPS) is 17.1. The van der Waals surface area contributed by atoms with Gasteiger partial charge >= 0.3 is 5.97 Å². The van der Waals surface area contributed by atoms with Gasteiger partial charge in [0.2, 0.25) is 5.91 Å².